The van der Waals surface area contributed by atoms with Crippen molar-refractivity contribution in [2.75, 3.05) is 33.7 Å². The number of nitro benzene ring substituents is 1. The van der Waals surface area contributed by atoms with Crippen LogP contribution in [0.1, 0.15) is 38.2 Å². The highest BCUT2D eigenvalue weighted by Crippen LogP contribution is 2.34. The molecule has 1 fully saturated rings. The molecule has 1 aromatic carbocycles. The Morgan fingerprint density at radius 3 is 2.31 bits per heavy atom. The summed E-state index contributed by atoms with van der Waals surface area (Å²) in [5, 5.41) is 11.0. The Hall–Kier alpha value is -2.74. The molecule has 3 rings (SSSR count). The minimum Gasteiger partial charge on any atom is -0.366 e. The predicted octanol–water partition coefficient (Wildman–Crippen LogP) is 2.50. The molecule has 0 bridgehead atoms. The molecule has 8 heteroatoms. The van der Waals surface area contributed by atoms with Crippen molar-refractivity contribution in [1.82, 2.24) is 14.7 Å². The number of hydrogen-bond donors (Lipinski definition) is 0. The molecule has 1 saturated heterocycles. The molecule has 0 saturated carbocycles. The standard InChI is InChI=1S/C21H28N4O4/c1-4-5-12-24-20(26)18(15-6-8-17(9-7-15)25(28)29)19(21(24)27)23(3)16-10-13-22(2)14-11-16/h6-9,16H,4-5,10-14H2,1-3H3. The Bertz CT molecular complexity index is 826. The Labute approximate surface area is 170 Å². The number of non-ortho nitro benzene ring substituents is 1. The third-order valence-corrected chi connectivity index (χ3v) is 5.83. The zero-order valence-electron chi connectivity index (χ0n) is 17.3. The average molecular weight is 400 g/mol. The van der Waals surface area contributed by atoms with Gasteiger partial charge in [0.15, 0.2) is 0 Å². The maximum Gasteiger partial charge on any atom is 0.277 e. The number of nitrogens with zero attached hydrogens (tertiary/aromatic N) is 4. The number of piperidine rings is 1. The van der Waals surface area contributed by atoms with Crippen molar-refractivity contribution >= 4 is 23.1 Å². The van der Waals surface area contributed by atoms with E-state index in [4.69, 9.17) is 0 Å². The maximum absolute atomic E-state index is 13.2. The third kappa shape index (κ3) is 4.17. The first-order chi connectivity index (χ1) is 13.8. The molecule has 0 unspecified atom stereocenters. The lowest BCUT2D eigenvalue weighted by molar-refractivity contribution is -0.384. The number of nitro groups is 1. The molecule has 0 aromatic heterocycles. The number of carbonyl (C=O) groups is 2. The van der Waals surface area contributed by atoms with Crippen LogP contribution in [0.5, 0.6) is 0 Å². The number of likely N-dealkylation sites (N-methyl/N-ethyl adjacent to an activating group) is 1. The molecule has 29 heavy (non-hydrogen) atoms. The van der Waals surface area contributed by atoms with Crippen molar-refractivity contribution < 1.29 is 14.5 Å². The molecular weight excluding hydrogens is 372 g/mol. The van der Waals surface area contributed by atoms with Crippen molar-refractivity contribution in [3.8, 4) is 0 Å². The van der Waals surface area contributed by atoms with Gasteiger partial charge in [-0.25, -0.2) is 0 Å². The van der Waals surface area contributed by atoms with E-state index in [-0.39, 0.29) is 23.5 Å². The molecular formula is C21H28N4O4. The van der Waals surface area contributed by atoms with Gasteiger partial charge in [-0.1, -0.05) is 13.3 Å². The summed E-state index contributed by atoms with van der Waals surface area (Å²) in [4.78, 5) is 42.4. The zero-order chi connectivity index (χ0) is 21.1. The van der Waals surface area contributed by atoms with Crippen LogP contribution in [-0.4, -0.2) is 71.2 Å². The van der Waals surface area contributed by atoms with Gasteiger partial charge in [0.25, 0.3) is 17.5 Å². The summed E-state index contributed by atoms with van der Waals surface area (Å²) in [5.74, 6) is -0.578. The van der Waals surface area contributed by atoms with Gasteiger partial charge in [-0.15, -0.1) is 0 Å². The number of benzene rings is 1. The summed E-state index contributed by atoms with van der Waals surface area (Å²) in [7, 11) is 3.96. The van der Waals surface area contributed by atoms with Gasteiger partial charge in [0.2, 0.25) is 0 Å². The lowest BCUT2D eigenvalue weighted by atomic mass is 10.00. The minimum absolute atomic E-state index is 0.0424. The summed E-state index contributed by atoms with van der Waals surface area (Å²) >= 11 is 0. The van der Waals surface area contributed by atoms with E-state index in [1.54, 1.807) is 12.1 Å². The number of unbranched alkanes of at least 4 members (excludes halogenated alkanes) is 1. The van der Waals surface area contributed by atoms with Crippen LogP contribution >= 0.6 is 0 Å². The number of imide groups is 1. The molecule has 8 nitrogen and oxygen atoms in total. The highest BCUT2D eigenvalue weighted by Gasteiger charge is 2.42. The van der Waals surface area contributed by atoms with Gasteiger partial charge in [0.05, 0.1) is 10.5 Å². The van der Waals surface area contributed by atoms with Crippen LogP contribution in [0.3, 0.4) is 0 Å². The molecule has 156 valence electrons. The Kier molecular flexibility index (Phi) is 6.32. The molecule has 2 heterocycles. The monoisotopic (exact) mass is 400 g/mol. The van der Waals surface area contributed by atoms with Crippen LogP contribution in [0.4, 0.5) is 5.69 Å². The molecule has 0 spiro atoms. The Morgan fingerprint density at radius 2 is 1.76 bits per heavy atom. The number of amides is 2. The van der Waals surface area contributed by atoms with Crippen molar-refractivity contribution in [3.63, 3.8) is 0 Å². The first-order valence-corrected chi connectivity index (χ1v) is 10.1. The summed E-state index contributed by atoms with van der Waals surface area (Å²) in [5.41, 5.74) is 1.26. The summed E-state index contributed by atoms with van der Waals surface area (Å²) in [6, 6.07) is 6.05. The van der Waals surface area contributed by atoms with E-state index in [1.165, 1.54) is 17.0 Å². The van der Waals surface area contributed by atoms with Crippen LogP contribution in [0.25, 0.3) is 5.57 Å². The number of likely N-dealkylation sites (tertiary alicyclic amines) is 1. The second-order valence-corrected chi connectivity index (χ2v) is 7.79. The van der Waals surface area contributed by atoms with Gasteiger partial charge >= 0.3 is 0 Å². The average Bonchev–Trinajstić information content (AvgIpc) is 2.96. The summed E-state index contributed by atoms with van der Waals surface area (Å²) < 4.78 is 0. The number of rotatable bonds is 7. The second kappa shape index (κ2) is 8.73. The Morgan fingerprint density at radius 1 is 1.14 bits per heavy atom. The van der Waals surface area contributed by atoms with Crippen molar-refractivity contribution in [1.29, 1.82) is 0 Å². The second-order valence-electron chi connectivity index (χ2n) is 7.79. The predicted molar refractivity (Wildman–Crippen MR) is 110 cm³/mol. The molecule has 2 aliphatic heterocycles. The fourth-order valence-corrected chi connectivity index (χ4v) is 3.98. The van der Waals surface area contributed by atoms with Gasteiger partial charge in [0, 0.05) is 31.8 Å². The molecule has 0 radical (unpaired) electrons. The first kappa shape index (κ1) is 21.0. The van der Waals surface area contributed by atoms with Crippen LogP contribution in [0.15, 0.2) is 30.0 Å². The minimum atomic E-state index is -0.473. The fourth-order valence-electron chi connectivity index (χ4n) is 3.98. The van der Waals surface area contributed by atoms with Gasteiger partial charge in [-0.2, -0.15) is 0 Å². The van der Waals surface area contributed by atoms with Crippen LogP contribution in [0.2, 0.25) is 0 Å². The van der Waals surface area contributed by atoms with Crippen molar-refractivity contribution in [2.45, 2.75) is 38.6 Å². The van der Waals surface area contributed by atoms with Crippen LogP contribution in [-0.2, 0) is 9.59 Å². The molecule has 1 aromatic rings. The lowest BCUT2D eigenvalue weighted by Gasteiger charge is -2.36. The first-order valence-electron chi connectivity index (χ1n) is 10.1. The van der Waals surface area contributed by atoms with E-state index in [9.17, 15) is 19.7 Å². The van der Waals surface area contributed by atoms with E-state index in [1.807, 2.05) is 18.9 Å². The topological polar surface area (TPSA) is 87.0 Å². The summed E-state index contributed by atoms with van der Waals surface area (Å²) in [6.07, 6.45) is 3.46. The molecule has 0 atom stereocenters. The molecule has 0 aliphatic carbocycles. The van der Waals surface area contributed by atoms with Gasteiger partial charge in [0.1, 0.15) is 5.70 Å². The lowest BCUT2D eigenvalue weighted by Crippen LogP contribution is -2.43. The molecule has 2 aliphatic rings. The van der Waals surface area contributed by atoms with Gasteiger partial charge in [-0.3, -0.25) is 24.6 Å². The number of hydrogen-bond acceptors (Lipinski definition) is 6. The van der Waals surface area contributed by atoms with E-state index in [0.29, 0.717) is 23.4 Å². The Balaban J connectivity index is 1.99. The van der Waals surface area contributed by atoms with Crippen LogP contribution in [0, 0.1) is 10.1 Å². The third-order valence-electron chi connectivity index (χ3n) is 5.83. The molecule has 0 N–H and O–H groups in total. The summed E-state index contributed by atoms with van der Waals surface area (Å²) in [6.45, 7) is 4.28. The largest absolute Gasteiger partial charge is 0.366 e. The van der Waals surface area contributed by atoms with Gasteiger partial charge in [-0.05, 0) is 57.1 Å². The van der Waals surface area contributed by atoms with E-state index in [2.05, 4.69) is 11.9 Å². The van der Waals surface area contributed by atoms with Crippen molar-refractivity contribution in [3.05, 3.63) is 45.6 Å². The van der Waals surface area contributed by atoms with E-state index < -0.39 is 4.92 Å². The van der Waals surface area contributed by atoms with Crippen molar-refractivity contribution in [2.24, 2.45) is 0 Å². The number of carbonyl (C=O) groups excluding carboxylic acids is 2. The van der Waals surface area contributed by atoms with Gasteiger partial charge < -0.3 is 9.80 Å². The van der Waals surface area contributed by atoms with E-state index >= 15 is 0 Å². The smallest absolute Gasteiger partial charge is 0.277 e. The van der Waals surface area contributed by atoms with E-state index in [0.717, 1.165) is 38.8 Å². The zero-order valence-corrected chi connectivity index (χ0v) is 17.3. The fraction of sp³-hybridized carbons (Fsp3) is 0.524. The quantitative estimate of drug-likeness (QED) is 0.397. The highest BCUT2D eigenvalue weighted by atomic mass is 16.6. The molecule has 2 amide bonds. The maximum atomic E-state index is 13.2. The van der Waals surface area contributed by atoms with Crippen LogP contribution < -0.4 is 0 Å². The SMILES string of the molecule is CCCCN1C(=O)C(c2ccc([N+](=O)[O-])cc2)=C(N(C)C2CCN(C)CC2)C1=O. The highest BCUT2D eigenvalue weighted by molar-refractivity contribution is 6.35. The normalized spacial score (nSPS) is 18.7.